The summed E-state index contributed by atoms with van der Waals surface area (Å²) in [6.45, 7) is 5.20. The van der Waals surface area contributed by atoms with Crippen molar-refractivity contribution in [1.82, 2.24) is 5.32 Å². The molecule has 0 aromatic rings. The van der Waals surface area contributed by atoms with Gasteiger partial charge in [-0.05, 0) is 51.0 Å². The van der Waals surface area contributed by atoms with Crippen molar-refractivity contribution in [3.63, 3.8) is 0 Å². The molecule has 1 nitrogen and oxygen atoms in total. The number of piperidine rings is 1. The van der Waals surface area contributed by atoms with Crippen LogP contribution in [0.15, 0.2) is 0 Å². The summed E-state index contributed by atoms with van der Waals surface area (Å²) < 4.78 is 15.2. The van der Waals surface area contributed by atoms with Crippen molar-refractivity contribution in [2.45, 2.75) is 83.3 Å². The average molecular weight is 255 g/mol. The van der Waals surface area contributed by atoms with Gasteiger partial charge in [-0.2, -0.15) is 0 Å². The molecule has 2 rings (SSSR count). The standard InChI is InChI=1S/C16H30FN/c1-3-13-8-4-5-10-15(13)16(2,17)12-14-9-6-7-11-18-14/h13-15,18H,3-12H2,1-2H3. The quantitative estimate of drug-likeness (QED) is 0.782. The van der Waals surface area contributed by atoms with Crippen molar-refractivity contribution in [2.75, 3.05) is 6.54 Å². The van der Waals surface area contributed by atoms with Gasteiger partial charge < -0.3 is 5.32 Å². The molecule has 2 fully saturated rings. The molecule has 2 heteroatoms. The highest BCUT2D eigenvalue weighted by atomic mass is 19.1. The normalized spacial score (nSPS) is 37.2. The molecule has 1 aliphatic carbocycles. The molecular weight excluding hydrogens is 225 g/mol. The van der Waals surface area contributed by atoms with Crippen LogP contribution in [0, 0.1) is 11.8 Å². The van der Waals surface area contributed by atoms with E-state index in [0.717, 1.165) is 25.8 Å². The van der Waals surface area contributed by atoms with E-state index in [-0.39, 0.29) is 0 Å². The number of alkyl halides is 1. The molecule has 1 N–H and O–H groups in total. The van der Waals surface area contributed by atoms with Crippen LogP contribution in [-0.4, -0.2) is 18.3 Å². The van der Waals surface area contributed by atoms with Gasteiger partial charge >= 0.3 is 0 Å². The van der Waals surface area contributed by atoms with Gasteiger partial charge in [0.15, 0.2) is 0 Å². The first-order chi connectivity index (χ1) is 8.63. The second-order valence-corrected chi connectivity index (χ2v) is 6.69. The maximum atomic E-state index is 15.2. The third-order valence-corrected chi connectivity index (χ3v) is 5.26. The predicted octanol–water partition coefficient (Wildman–Crippen LogP) is 4.46. The van der Waals surface area contributed by atoms with Crippen LogP contribution in [0.5, 0.6) is 0 Å². The van der Waals surface area contributed by atoms with Crippen molar-refractivity contribution in [3.8, 4) is 0 Å². The van der Waals surface area contributed by atoms with Gasteiger partial charge in [-0.15, -0.1) is 0 Å². The van der Waals surface area contributed by atoms with Gasteiger partial charge in [0.25, 0.3) is 0 Å². The largest absolute Gasteiger partial charge is 0.314 e. The molecular formula is C16H30FN. The molecule has 0 bridgehead atoms. The van der Waals surface area contributed by atoms with Crippen molar-refractivity contribution >= 4 is 0 Å². The first-order valence-electron chi connectivity index (χ1n) is 8.06. The molecule has 0 spiro atoms. The summed E-state index contributed by atoms with van der Waals surface area (Å²) in [7, 11) is 0. The van der Waals surface area contributed by atoms with Gasteiger partial charge in [0.05, 0.1) is 0 Å². The van der Waals surface area contributed by atoms with E-state index in [2.05, 4.69) is 12.2 Å². The van der Waals surface area contributed by atoms with Gasteiger partial charge in [0.2, 0.25) is 0 Å². The third kappa shape index (κ3) is 3.46. The second-order valence-electron chi connectivity index (χ2n) is 6.69. The number of hydrogen-bond acceptors (Lipinski definition) is 1. The third-order valence-electron chi connectivity index (χ3n) is 5.26. The van der Waals surface area contributed by atoms with Gasteiger partial charge in [0.1, 0.15) is 5.67 Å². The van der Waals surface area contributed by atoms with E-state index in [1.807, 2.05) is 6.92 Å². The van der Waals surface area contributed by atoms with E-state index < -0.39 is 5.67 Å². The number of nitrogens with one attached hydrogen (secondary N) is 1. The topological polar surface area (TPSA) is 12.0 Å². The van der Waals surface area contributed by atoms with Crippen LogP contribution in [0.25, 0.3) is 0 Å². The Kier molecular flexibility index (Phi) is 5.06. The zero-order valence-electron chi connectivity index (χ0n) is 12.2. The molecule has 0 aromatic heterocycles. The van der Waals surface area contributed by atoms with Gasteiger partial charge in [-0.25, -0.2) is 4.39 Å². The Bertz CT molecular complexity index is 245. The molecule has 1 aliphatic heterocycles. The van der Waals surface area contributed by atoms with Crippen LogP contribution in [-0.2, 0) is 0 Å². The summed E-state index contributed by atoms with van der Waals surface area (Å²) in [5.41, 5.74) is -0.962. The van der Waals surface area contributed by atoms with Crippen molar-refractivity contribution in [3.05, 3.63) is 0 Å². The van der Waals surface area contributed by atoms with Crippen LogP contribution in [0.3, 0.4) is 0 Å². The van der Waals surface area contributed by atoms with Crippen LogP contribution in [0.2, 0.25) is 0 Å². The lowest BCUT2D eigenvalue weighted by Gasteiger charge is -2.41. The summed E-state index contributed by atoms with van der Waals surface area (Å²) >= 11 is 0. The minimum atomic E-state index is -0.962. The van der Waals surface area contributed by atoms with Crippen LogP contribution >= 0.6 is 0 Å². The van der Waals surface area contributed by atoms with Gasteiger partial charge in [-0.3, -0.25) is 0 Å². The molecule has 18 heavy (non-hydrogen) atoms. The molecule has 0 radical (unpaired) electrons. The van der Waals surface area contributed by atoms with Gasteiger partial charge in [-0.1, -0.05) is 39.0 Å². The lowest BCUT2D eigenvalue weighted by molar-refractivity contribution is 0.0144. The first kappa shape index (κ1) is 14.3. The highest BCUT2D eigenvalue weighted by molar-refractivity contribution is 4.92. The van der Waals surface area contributed by atoms with Crippen LogP contribution < -0.4 is 5.32 Å². The van der Waals surface area contributed by atoms with Crippen molar-refractivity contribution in [2.24, 2.45) is 11.8 Å². The van der Waals surface area contributed by atoms with Gasteiger partial charge in [0, 0.05) is 6.04 Å². The minimum absolute atomic E-state index is 0.306. The molecule has 2 aliphatic rings. The van der Waals surface area contributed by atoms with E-state index in [1.54, 1.807) is 0 Å². The summed E-state index contributed by atoms with van der Waals surface area (Å²) in [6.07, 6.45) is 10.5. The Morgan fingerprint density at radius 1 is 1.11 bits per heavy atom. The van der Waals surface area contributed by atoms with Crippen molar-refractivity contribution in [1.29, 1.82) is 0 Å². The molecule has 106 valence electrons. The highest BCUT2D eigenvalue weighted by Crippen LogP contribution is 2.43. The Labute approximate surface area is 112 Å². The smallest absolute Gasteiger partial charge is 0.112 e. The molecule has 0 aromatic carbocycles. The fraction of sp³-hybridized carbons (Fsp3) is 1.00. The molecule has 0 amide bonds. The van der Waals surface area contributed by atoms with E-state index >= 15 is 4.39 Å². The summed E-state index contributed by atoms with van der Waals surface area (Å²) in [5, 5.41) is 3.51. The Morgan fingerprint density at radius 3 is 2.50 bits per heavy atom. The van der Waals surface area contributed by atoms with E-state index in [1.165, 1.54) is 38.5 Å². The van der Waals surface area contributed by atoms with Crippen LogP contribution in [0.1, 0.15) is 71.6 Å². The zero-order valence-corrected chi connectivity index (χ0v) is 12.2. The summed E-state index contributed by atoms with van der Waals surface area (Å²) in [5.74, 6) is 0.928. The maximum Gasteiger partial charge on any atom is 0.112 e. The fourth-order valence-electron chi connectivity index (χ4n) is 4.22. The maximum absolute atomic E-state index is 15.2. The minimum Gasteiger partial charge on any atom is -0.314 e. The van der Waals surface area contributed by atoms with Crippen LogP contribution in [0.4, 0.5) is 4.39 Å². The highest BCUT2D eigenvalue weighted by Gasteiger charge is 2.41. The summed E-state index contributed by atoms with van der Waals surface area (Å²) in [4.78, 5) is 0. The first-order valence-corrected chi connectivity index (χ1v) is 8.06. The Hall–Kier alpha value is -0.110. The molecule has 4 atom stereocenters. The van der Waals surface area contributed by atoms with Crippen molar-refractivity contribution < 1.29 is 4.39 Å². The lowest BCUT2D eigenvalue weighted by Crippen LogP contribution is -2.44. The fourth-order valence-corrected chi connectivity index (χ4v) is 4.22. The molecule has 1 saturated heterocycles. The molecule has 1 saturated carbocycles. The van der Waals surface area contributed by atoms with E-state index in [0.29, 0.717) is 17.9 Å². The molecule has 1 heterocycles. The number of halogens is 1. The number of rotatable bonds is 4. The Morgan fingerprint density at radius 2 is 1.83 bits per heavy atom. The SMILES string of the molecule is CCC1CCCCC1C(C)(F)CC1CCCCN1. The summed E-state index contributed by atoms with van der Waals surface area (Å²) in [6, 6.07) is 0.424. The zero-order chi connectivity index (χ0) is 13.0. The predicted molar refractivity (Wildman–Crippen MR) is 75.5 cm³/mol. The second kappa shape index (κ2) is 6.36. The van der Waals surface area contributed by atoms with E-state index in [9.17, 15) is 0 Å². The molecule has 4 unspecified atom stereocenters. The number of hydrogen-bond donors (Lipinski definition) is 1. The average Bonchev–Trinajstić information content (AvgIpc) is 2.39. The van der Waals surface area contributed by atoms with E-state index in [4.69, 9.17) is 0 Å². The monoisotopic (exact) mass is 255 g/mol. The Balaban J connectivity index is 1.94. The lowest BCUT2D eigenvalue weighted by atomic mass is 9.68.